The smallest absolute Gasteiger partial charge is 0.305 e. The third kappa shape index (κ3) is 2.90. The Balaban J connectivity index is 2.43. The minimum atomic E-state index is -0.783. The van der Waals surface area contributed by atoms with Crippen molar-refractivity contribution in [3.05, 3.63) is 35.9 Å². The molecule has 0 aliphatic carbocycles. The number of hydrogen-bond donors (Lipinski definition) is 1. The van der Waals surface area contributed by atoms with Crippen LogP contribution in [0.15, 0.2) is 30.3 Å². The summed E-state index contributed by atoms with van der Waals surface area (Å²) in [5.74, 6) is 0.0920. The number of hydrogen-bond acceptors (Lipinski definition) is 3. The van der Waals surface area contributed by atoms with Crippen molar-refractivity contribution in [2.45, 2.75) is 33.2 Å². The molecule has 0 aliphatic rings. The third-order valence-corrected chi connectivity index (χ3v) is 3.50. The maximum absolute atomic E-state index is 10.9. The molecule has 20 heavy (non-hydrogen) atoms. The van der Waals surface area contributed by atoms with E-state index in [0.717, 1.165) is 28.8 Å². The highest BCUT2D eigenvalue weighted by atomic mass is 16.4. The first kappa shape index (κ1) is 14.3. The highest BCUT2D eigenvalue weighted by Crippen LogP contribution is 2.25. The van der Waals surface area contributed by atoms with Crippen LogP contribution in [0.1, 0.15) is 25.8 Å². The number of fused-ring (bicyclic) bond motifs is 1. The zero-order chi connectivity index (χ0) is 14.7. The molecule has 1 aromatic heterocycles. The van der Waals surface area contributed by atoms with Crippen molar-refractivity contribution < 1.29 is 9.90 Å². The van der Waals surface area contributed by atoms with Gasteiger partial charge in [-0.15, -0.1) is 0 Å². The molecule has 0 spiro atoms. The normalized spacial score (nSPS) is 12.3. The van der Waals surface area contributed by atoms with E-state index in [9.17, 15) is 4.79 Å². The summed E-state index contributed by atoms with van der Waals surface area (Å²) in [6.45, 7) is 6.70. The number of para-hydroxylation sites is 1. The van der Waals surface area contributed by atoms with Crippen LogP contribution < -0.4 is 4.90 Å². The molecule has 106 valence electrons. The molecule has 2 rings (SSSR count). The van der Waals surface area contributed by atoms with Crippen LogP contribution in [0, 0.1) is 6.92 Å². The van der Waals surface area contributed by atoms with E-state index in [4.69, 9.17) is 10.1 Å². The number of nitrogens with zero attached hydrogens (tertiary/aromatic N) is 2. The monoisotopic (exact) mass is 272 g/mol. The van der Waals surface area contributed by atoms with Crippen LogP contribution in [0.3, 0.4) is 0 Å². The summed E-state index contributed by atoms with van der Waals surface area (Å²) < 4.78 is 0. The minimum absolute atomic E-state index is 0.0788. The Morgan fingerprint density at radius 2 is 2.10 bits per heavy atom. The third-order valence-electron chi connectivity index (χ3n) is 3.50. The summed E-state index contributed by atoms with van der Waals surface area (Å²) in [5, 5.41) is 10.1. The summed E-state index contributed by atoms with van der Waals surface area (Å²) in [6, 6.07) is 10.0. The largest absolute Gasteiger partial charge is 0.481 e. The fourth-order valence-electron chi connectivity index (χ4n) is 2.54. The minimum Gasteiger partial charge on any atom is -0.481 e. The first-order chi connectivity index (χ1) is 9.52. The Hall–Kier alpha value is -2.10. The van der Waals surface area contributed by atoms with E-state index in [0.29, 0.717) is 0 Å². The zero-order valence-corrected chi connectivity index (χ0v) is 12.1. The average molecular weight is 272 g/mol. The van der Waals surface area contributed by atoms with Crippen molar-refractivity contribution in [1.29, 1.82) is 0 Å². The fourth-order valence-corrected chi connectivity index (χ4v) is 2.54. The Kier molecular flexibility index (Phi) is 4.23. The number of aryl methyl sites for hydroxylation is 1. The molecular weight excluding hydrogens is 252 g/mol. The SMILES string of the molecule is CCN(c1nc2ccccc2cc1C)C(C)CC(=O)O. The lowest BCUT2D eigenvalue weighted by atomic mass is 10.1. The first-order valence-electron chi connectivity index (χ1n) is 6.87. The van der Waals surface area contributed by atoms with Crippen molar-refractivity contribution in [2.75, 3.05) is 11.4 Å². The Morgan fingerprint density at radius 3 is 2.75 bits per heavy atom. The van der Waals surface area contributed by atoms with Crippen LogP contribution in [0.25, 0.3) is 10.9 Å². The van der Waals surface area contributed by atoms with Gasteiger partial charge in [-0.3, -0.25) is 4.79 Å². The number of carbonyl (C=O) groups is 1. The summed E-state index contributed by atoms with van der Waals surface area (Å²) in [5.41, 5.74) is 2.01. The van der Waals surface area contributed by atoms with Crippen LogP contribution in [0.4, 0.5) is 5.82 Å². The number of aromatic nitrogens is 1. The molecule has 1 unspecified atom stereocenters. The summed E-state index contributed by atoms with van der Waals surface area (Å²) >= 11 is 0. The van der Waals surface area contributed by atoms with Gasteiger partial charge in [0.05, 0.1) is 11.9 Å². The molecule has 0 fully saturated rings. The Labute approximate surface area is 119 Å². The van der Waals surface area contributed by atoms with Crippen LogP contribution in [0.2, 0.25) is 0 Å². The van der Waals surface area contributed by atoms with Gasteiger partial charge in [0.1, 0.15) is 5.82 Å². The second-order valence-corrected chi connectivity index (χ2v) is 5.05. The van der Waals surface area contributed by atoms with Gasteiger partial charge in [-0.1, -0.05) is 18.2 Å². The van der Waals surface area contributed by atoms with Gasteiger partial charge in [0.2, 0.25) is 0 Å². The number of pyridine rings is 1. The van der Waals surface area contributed by atoms with Crippen molar-refractivity contribution in [1.82, 2.24) is 4.98 Å². The molecule has 1 aromatic carbocycles. The predicted molar refractivity (Wildman–Crippen MR) is 81.2 cm³/mol. The summed E-state index contributed by atoms with van der Waals surface area (Å²) in [4.78, 5) is 17.7. The van der Waals surface area contributed by atoms with Crippen molar-refractivity contribution in [3.63, 3.8) is 0 Å². The molecule has 1 atom stereocenters. The van der Waals surface area contributed by atoms with E-state index < -0.39 is 5.97 Å². The molecule has 0 bridgehead atoms. The van der Waals surface area contributed by atoms with Gasteiger partial charge in [-0.25, -0.2) is 4.98 Å². The molecule has 0 radical (unpaired) electrons. The maximum atomic E-state index is 10.9. The molecular formula is C16H20N2O2. The van der Waals surface area contributed by atoms with Gasteiger partial charge in [0.15, 0.2) is 0 Å². The van der Waals surface area contributed by atoms with E-state index in [1.54, 1.807) is 0 Å². The summed E-state index contributed by atoms with van der Waals surface area (Å²) in [7, 11) is 0. The maximum Gasteiger partial charge on any atom is 0.305 e. The molecule has 4 heteroatoms. The number of benzene rings is 1. The van der Waals surface area contributed by atoms with Gasteiger partial charge in [-0.05, 0) is 38.5 Å². The van der Waals surface area contributed by atoms with Gasteiger partial charge in [-0.2, -0.15) is 0 Å². The van der Waals surface area contributed by atoms with E-state index >= 15 is 0 Å². The van der Waals surface area contributed by atoms with Gasteiger partial charge >= 0.3 is 5.97 Å². The predicted octanol–water partition coefficient (Wildman–Crippen LogP) is 3.23. The molecule has 1 heterocycles. The highest BCUT2D eigenvalue weighted by molar-refractivity contribution is 5.82. The Morgan fingerprint density at radius 1 is 1.40 bits per heavy atom. The molecule has 0 saturated carbocycles. The Bertz CT molecular complexity index is 625. The number of rotatable bonds is 5. The van der Waals surface area contributed by atoms with Crippen LogP contribution in [-0.4, -0.2) is 28.6 Å². The lowest BCUT2D eigenvalue weighted by molar-refractivity contribution is -0.137. The molecule has 0 aliphatic heterocycles. The summed E-state index contributed by atoms with van der Waals surface area (Å²) in [6.07, 6.45) is 0.113. The van der Waals surface area contributed by atoms with E-state index in [-0.39, 0.29) is 12.5 Å². The van der Waals surface area contributed by atoms with Gasteiger partial charge in [0.25, 0.3) is 0 Å². The lowest BCUT2D eigenvalue weighted by Gasteiger charge is -2.29. The van der Waals surface area contributed by atoms with E-state index in [2.05, 4.69) is 11.0 Å². The van der Waals surface area contributed by atoms with Crippen molar-refractivity contribution >= 4 is 22.7 Å². The number of anilines is 1. The van der Waals surface area contributed by atoms with Gasteiger partial charge < -0.3 is 10.0 Å². The molecule has 0 amide bonds. The topological polar surface area (TPSA) is 53.4 Å². The number of carboxylic acid groups (broad SMARTS) is 1. The second-order valence-electron chi connectivity index (χ2n) is 5.05. The van der Waals surface area contributed by atoms with E-state index in [1.165, 1.54) is 0 Å². The quantitative estimate of drug-likeness (QED) is 0.908. The van der Waals surface area contributed by atoms with Crippen LogP contribution >= 0.6 is 0 Å². The van der Waals surface area contributed by atoms with Crippen molar-refractivity contribution in [3.8, 4) is 0 Å². The lowest BCUT2D eigenvalue weighted by Crippen LogP contribution is -2.35. The zero-order valence-electron chi connectivity index (χ0n) is 12.1. The standard InChI is InChI=1S/C16H20N2O2/c1-4-18(12(3)10-15(19)20)16-11(2)9-13-7-5-6-8-14(13)17-16/h5-9,12H,4,10H2,1-3H3,(H,19,20). The number of aliphatic carboxylic acids is 1. The second kappa shape index (κ2) is 5.90. The van der Waals surface area contributed by atoms with Crippen molar-refractivity contribution in [2.24, 2.45) is 0 Å². The highest BCUT2D eigenvalue weighted by Gasteiger charge is 2.19. The van der Waals surface area contributed by atoms with Gasteiger partial charge in [0, 0.05) is 18.0 Å². The van der Waals surface area contributed by atoms with Crippen LogP contribution in [-0.2, 0) is 4.79 Å². The molecule has 0 saturated heterocycles. The first-order valence-corrected chi connectivity index (χ1v) is 6.87. The molecule has 4 nitrogen and oxygen atoms in total. The van der Waals surface area contributed by atoms with Crippen LogP contribution in [0.5, 0.6) is 0 Å². The van der Waals surface area contributed by atoms with E-state index in [1.807, 2.05) is 45.0 Å². The molecule has 2 aromatic rings. The number of carboxylic acids is 1. The fraction of sp³-hybridized carbons (Fsp3) is 0.375. The molecule has 1 N–H and O–H groups in total. The average Bonchev–Trinajstić information content (AvgIpc) is 2.39.